The lowest BCUT2D eigenvalue weighted by atomic mass is 10.1. The molecule has 0 spiro atoms. The number of carbonyl (C=O) groups is 1. The molecule has 122 valence electrons. The first kappa shape index (κ1) is 16.7. The summed E-state index contributed by atoms with van der Waals surface area (Å²) in [5.41, 5.74) is 3.02. The number of hydrogen-bond donors (Lipinski definition) is 0. The number of halogens is 1. The number of ether oxygens (including phenoxy) is 1. The highest BCUT2D eigenvalue weighted by atomic mass is 35.5. The zero-order valence-electron chi connectivity index (χ0n) is 13.2. The van der Waals surface area contributed by atoms with Gasteiger partial charge in [-0.3, -0.25) is 4.79 Å². The molecular weight excluding hydrogens is 342 g/mol. The van der Waals surface area contributed by atoms with E-state index in [1.54, 1.807) is 11.3 Å². The lowest BCUT2D eigenvalue weighted by molar-refractivity contribution is -0.142. The van der Waals surface area contributed by atoms with Crippen molar-refractivity contribution < 1.29 is 9.53 Å². The summed E-state index contributed by atoms with van der Waals surface area (Å²) in [5, 5.41) is 1.60. The van der Waals surface area contributed by atoms with Gasteiger partial charge in [-0.2, -0.15) is 0 Å². The van der Waals surface area contributed by atoms with E-state index in [1.807, 2.05) is 42.5 Å². The molecule has 0 unspecified atom stereocenters. The van der Waals surface area contributed by atoms with Gasteiger partial charge in [0.15, 0.2) is 0 Å². The normalized spacial score (nSPS) is 10.6. The Kier molecular flexibility index (Phi) is 5.28. The second kappa shape index (κ2) is 7.60. The molecule has 0 aliphatic heterocycles. The zero-order valence-corrected chi connectivity index (χ0v) is 14.7. The topological polar surface area (TPSA) is 39.2 Å². The highest BCUT2D eigenvalue weighted by molar-refractivity contribution is 7.15. The number of nitrogens with zero attached hydrogens (tertiary/aromatic N) is 1. The van der Waals surface area contributed by atoms with Crippen molar-refractivity contribution in [2.45, 2.75) is 20.0 Å². The molecular formula is C19H16ClNO2S. The third kappa shape index (κ3) is 4.22. The first-order valence-electron chi connectivity index (χ1n) is 7.53. The fourth-order valence-electron chi connectivity index (χ4n) is 2.30. The van der Waals surface area contributed by atoms with Crippen molar-refractivity contribution in [2.75, 3.05) is 0 Å². The summed E-state index contributed by atoms with van der Waals surface area (Å²) in [6.07, 6.45) is 0.767. The van der Waals surface area contributed by atoms with E-state index in [1.165, 1.54) is 12.5 Å². The molecule has 0 saturated heterocycles. The van der Waals surface area contributed by atoms with Crippen LogP contribution < -0.4 is 0 Å². The SMILES string of the molecule is CC(=O)OCc1nc(-c2ccc(Cl)cc2)sc1Cc1ccccc1. The van der Waals surface area contributed by atoms with Gasteiger partial charge in [-0.15, -0.1) is 11.3 Å². The van der Waals surface area contributed by atoms with Gasteiger partial charge in [0, 0.05) is 28.8 Å². The van der Waals surface area contributed by atoms with Crippen LogP contribution in [0.4, 0.5) is 0 Å². The average Bonchev–Trinajstić information content (AvgIpc) is 2.97. The van der Waals surface area contributed by atoms with Crippen LogP contribution in [0.5, 0.6) is 0 Å². The van der Waals surface area contributed by atoms with E-state index in [-0.39, 0.29) is 12.6 Å². The van der Waals surface area contributed by atoms with Gasteiger partial charge in [-0.05, 0) is 17.7 Å². The van der Waals surface area contributed by atoms with Crippen LogP contribution in [0.15, 0.2) is 54.6 Å². The van der Waals surface area contributed by atoms with Crippen molar-refractivity contribution in [3.05, 3.63) is 75.8 Å². The summed E-state index contributed by atoms with van der Waals surface area (Å²) >= 11 is 7.57. The summed E-state index contributed by atoms with van der Waals surface area (Å²) in [6.45, 7) is 1.60. The Morgan fingerprint density at radius 1 is 1.12 bits per heavy atom. The number of hydrogen-bond acceptors (Lipinski definition) is 4. The van der Waals surface area contributed by atoms with Crippen LogP contribution >= 0.6 is 22.9 Å². The Bertz CT molecular complexity index is 828. The maximum Gasteiger partial charge on any atom is 0.303 e. The van der Waals surface area contributed by atoms with Crippen LogP contribution in [-0.2, 0) is 22.6 Å². The molecule has 0 bridgehead atoms. The second-order valence-corrected chi connectivity index (χ2v) is 6.86. The number of esters is 1. The Morgan fingerprint density at radius 2 is 1.83 bits per heavy atom. The highest BCUT2D eigenvalue weighted by Crippen LogP contribution is 2.31. The van der Waals surface area contributed by atoms with Gasteiger partial charge in [-0.25, -0.2) is 4.98 Å². The van der Waals surface area contributed by atoms with Gasteiger partial charge in [0.1, 0.15) is 11.6 Å². The van der Waals surface area contributed by atoms with E-state index in [9.17, 15) is 4.79 Å². The predicted molar refractivity (Wildman–Crippen MR) is 97.3 cm³/mol. The zero-order chi connectivity index (χ0) is 16.9. The molecule has 5 heteroatoms. The summed E-state index contributed by atoms with van der Waals surface area (Å²) in [6, 6.07) is 17.8. The summed E-state index contributed by atoms with van der Waals surface area (Å²) in [5.74, 6) is -0.304. The number of benzene rings is 2. The molecule has 0 atom stereocenters. The quantitative estimate of drug-likeness (QED) is 0.595. The fraction of sp³-hybridized carbons (Fsp3) is 0.158. The number of carbonyl (C=O) groups excluding carboxylic acids is 1. The van der Waals surface area contributed by atoms with Crippen LogP contribution in [0.2, 0.25) is 5.02 Å². The van der Waals surface area contributed by atoms with Crippen LogP contribution in [0.25, 0.3) is 10.6 Å². The molecule has 0 radical (unpaired) electrons. The van der Waals surface area contributed by atoms with E-state index in [0.29, 0.717) is 5.02 Å². The third-order valence-corrected chi connectivity index (χ3v) is 4.89. The molecule has 3 nitrogen and oxygen atoms in total. The maximum absolute atomic E-state index is 11.1. The van der Waals surface area contributed by atoms with Crippen molar-refractivity contribution in [3.63, 3.8) is 0 Å². The van der Waals surface area contributed by atoms with Crippen LogP contribution in [0, 0.1) is 0 Å². The highest BCUT2D eigenvalue weighted by Gasteiger charge is 2.14. The smallest absolute Gasteiger partial charge is 0.303 e. The van der Waals surface area contributed by atoms with Crippen molar-refractivity contribution in [3.8, 4) is 10.6 Å². The summed E-state index contributed by atoms with van der Waals surface area (Å²) in [4.78, 5) is 16.9. The first-order valence-corrected chi connectivity index (χ1v) is 8.73. The standard InChI is InChI=1S/C19H16ClNO2S/c1-13(22)23-12-17-18(11-14-5-3-2-4-6-14)24-19(21-17)15-7-9-16(20)10-8-15/h2-10H,11-12H2,1H3. The molecule has 1 aromatic heterocycles. The Hall–Kier alpha value is -2.17. The molecule has 0 N–H and O–H groups in total. The number of thiazole rings is 1. The van der Waals surface area contributed by atoms with E-state index >= 15 is 0 Å². The summed E-state index contributed by atoms with van der Waals surface area (Å²) in [7, 11) is 0. The molecule has 0 saturated carbocycles. The van der Waals surface area contributed by atoms with E-state index in [0.717, 1.165) is 27.6 Å². The third-order valence-electron chi connectivity index (χ3n) is 3.49. The molecule has 0 aliphatic carbocycles. The lowest BCUT2D eigenvalue weighted by Gasteiger charge is -2.03. The minimum Gasteiger partial charge on any atom is -0.459 e. The molecule has 0 aliphatic rings. The molecule has 3 rings (SSSR count). The van der Waals surface area contributed by atoms with Gasteiger partial charge < -0.3 is 4.74 Å². The monoisotopic (exact) mass is 357 g/mol. The van der Waals surface area contributed by atoms with Gasteiger partial charge >= 0.3 is 5.97 Å². The number of rotatable bonds is 5. The first-order chi connectivity index (χ1) is 11.6. The second-order valence-electron chi connectivity index (χ2n) is 5.34. The van der Waals surface area contributed by atoms with Gasteiger partial charge in [-0.1, -0.05) is 54.1 Å². The lowest BCUT2D eigenvalue weighted by Crippen LogP contribution is -2.01. The van der Waals surface area contributed by atoms with Crippen molar-refractivity contribution in [1.29, 1.82) is 0 Å². The predicted octanol–water partition coefficient (Wildman–Crippen LogP) is 5.12. The fourth-order valence-corrected chi connectivity index (χ4v) is 3.53. The molecule has 2 aromatic carbocycles. The van der Waals surface area contributed by atoms with E-state index in [2.05, 4.69) is 17.1 Å². The molecule has 0 fully saturated rings. The van der Waals surface area contributed by atoms with E-state index < -0.39 is 0 Å². The largest absolute Gasteiger partial charge is 0.459 e. The van der Waals surface area contributed by atoms with E-state index in [4.69, 9.17) is 16.3 Å². The van der Waals surface area contributed by atoms with Crippen LogP contribution in [0.3, 0.4) is 0 Å². The number of aromatic nitrogens is 1. The molecule has 24 heavy (non-hydrogen) atoms. The van der Waals surface area contributed by atoms with Gasteiger partial charge in [0.25, 0.3) is 0 Å². The minimum absolute atomic E-state index is 0.196. The Balaban J connectivity index is 1.92. The molecule has 3 aromatic rings. The maximum atomic E-state index is 11.1. The Labute approximate surface area is 149 Å². The Morgan fingerprint density at radius 3 is 2.50 bits per heavy atom. The molecule has 1 heterocycles. The minimum atomic E-state index is -0.304. The van der Waals surface area contributed by atoms with Crippen molar-refractivity contribution >= 4 is 28.9 Å². The van der Waals surface area contributed by atoms with Crippen molar-refractivity contribution in [1.82, 2.24) is 4.98 Å². The van der Waals surface area contributed by atoms with Crippen LogP contribution in [-0.4, -0.2) is 11.0 Å². The summed E-state index contributed by atoms with van der Waals surface area (Å²) < 4.78 is 5.16. The van der Waals surface area contributed by atoms with Crippen LogP contribution in [0.1, 0.15) is 23.1 Å². The molecule has 0 amide bonds. The van der Waals surface area contributed by atoms with Gasteiger partial charge in [0.2, 0.25) is 0 Å². The van der Waals surface area contributed by atoms with Gasteiger partial charge in [0.05, 0.1) is 5.69 Å². The average molecular weight is 358 g/mol. The van der Waals surface area contributed by atoms with Crippen molar-refractivity contribution in [2.24, 2.45) is 0 Å².